The molecule has 2 nitrogen and oxygen atoms in total. The van der Waals surface area contributed by atoms with Crippen molar-refractivity contribution in [1.82, 2.24) is 0 Å². The summed E-state index contributed by atoms with van der Waals surface area (Å²) in [6, 6.07) is 0. The second kappa shape index (κ2) is 9.92. The van der Waals surface area contributed by atoms with Crippen molar-refractivity contribution in [1.29, 1.82) is 0 Å². The average molecular weight is 269 g/mol. The van der Waals surface area contributed by atoms with Crippen LogP contribution in [0.4, 0.5) is 0 Å². The Hall–Kier alpha value is 0.790. The summed E-state index contributed by atoms with van der Waals surface area (Å²) in [6.07, 6.45) is 0. The molecule has 0 radical (unpaired) electrons. The normalized spacial score (nSPS) is 7.71. The smallest absolute Gasteiger partial charge is 0.0696 e. The summed E-state index contributed by atoms with van der Waals surface area (Å²) >= 11 is 0. The third-order valence-corrected chi connectivity index (χ3v) is 0.492. The molecule has 3 heteroatoms. The van der Waals surface area contributed by atoms with Gasteiger partial charge in [-0.15, -0.1) is 0 Å². The number of ether oxygens (including phenoxy) is 2. The Bertz CT molecular complexity index is 21.7. The molecule has 0 unspecified atom stereocenters. The van der Waals surface area contributed by atoms with Crippen molar-refractivity contribution in [3.05, 3.63) is 0 Å². The van der Waals surface area contributed by atoms with Gasteiger partial charge in [-0.2, -0.15) is 0 Å². The Morgan fingerprint density at radius 1 is 1.00 bits per heavy atom. The van der Waals surface area contributed by atoms with Gasteiger partial charge in [-0.3, -0.25) is 0 Å². The van der Waals surface area contributed by atoms with Gasteiger partial charge in [-0.1, -0.05) is 0 Å². The molecule has 0 fully saturated rings. The van der Waals surface area contributed by atoms with E-state index >= 15 is 0 Å². The first-order chi connectivity index (χ1) is 2.91. The predicted molar refractivity (Wildman–Crippen MR) is 23.8 cm³/mol. The minimum absolute atomic E-state index is 0. The van der Waals surface area contributed by atoms with E-state index in [-0.39, 0.29) is 25.8 Å². The summed E-state index contributed by atoms with van der Waals surface area (Å²) in [7, 11) is 3.30. The van der Waals surface area contributed by atoms with Gasteiger partial charge in [0.05, 0.1) is 13.2 Å². The van der Waals surface area contributed by atoms with E-state index in [4.69, 9.17) is 0 Å². The first kappa shape index (κ1) is 10.7. The summed E-state index contributed by atoms with van der Waals surface area (Å²) in [5.74, 6) is 0. The number of hydrogen-bond donors (Lipinski definition) is 0. The SMILES string of the molecule is COCCOC.[Hf]. The van der Waals surface area contributed by atoms with E-state index in [9.17, 15) is 0 Å². The quantitative estimate of drug-likeness (QED) is 0.541. The largest absolute Gasteiger partial charge is 0.382 e. The van der Waals surface area contributed by atoms with Gasteiger partial charge >= 0.3 is 0 Å². The molecule has 0 spiro atoms. The van der Waals surface area contributed by atoms with Crippen LogP contribution in [0.25, 0.3) is 0 Å². The first-order valence-corrected chi connectivity index (χ1v) is 1.89. The maximum atomic E-state index is 4.66. The summed E-state index contributed by atoms with van der Waals surface area (Å²) in [5, 5.41) is 0. The summed E-state index contributed by atoms with van der Waals surface area (Å²) in [4.78, 5) is 0. The van der Waals surface area contributed by atoms with Gasteiger partial charge in [0, 0.05) is 40.1 Å². The van der Waals surface area contributed by atoms with Crippen LogP contribution < -0.4 is 0 Å². The fourth-order valence-corrected chi connectivity index (χ4v) is 0.167. The van der Waals surface area contributed by atoms with E-state index in [0.29, 0.717) is 13.2 Å². The molecular formula is C4H10HfO2. The minimum Gasteiger partial charge on any atom is -0.382 e. The molecular weight excluding hydrogens is 259 g/mol. The van der Waals surface area contributed by atoms with Crippen molar-refractivity contribution in [2.45, 2.75) is 0 Å². The van der Waals surface area contributed by atoms with Crippen LogP contribution >= 0.6 is 0 Å². The molecule has 0 aromatic carbocycles. The zero-order valence-electron chi connectivity index (χ0n) is 4.73. The van der Waals surface area contributed by atoms with Gasteiger partial charge < -0.3 is 9.47 Å². The van der Waals surface area contributed by atoms with Crippen LogP contribution in [0, 0.1) is 0 Å². The summed E-state index contributed by atoms with van der Waals surface area (Å²) in [5.41, 5.74) is 0. The van der Waals surface area contributed by atoms with Gasteiger partial charge in [0.25, 0.3) is 0 Å². The van der Waals surface area contributed by atoms with E-state index in [2.05, 4.69) is 9.47 Å². The average Bonchev–Trinajstić information content (AvgIpc) is 1.61. The predicted octanol–water partition coefficient (Wildman–Crippen LogP) is 0.277. The molecule has 0 rings (SSSR count). The Labute approximate surface area is 63.0 Å². The van der Waals surface area contributed by atoms with Gasteiger partial charge in [-0.25, -0.2) is 0 Å². The van der Waals surface area contributed by atoms with Gasteiger partial charge in [-0.05, 0) is 0 Å². The first-order valence-electron chi connectivity index (χ1n) is 1.89. The van der Waals surface area contributed by atoms with E-state index in [1.54, 1.807) is 14.2 Å². The third-order valence-electron chi connectivity index (χ3n) is 0.492. The summed E-state index contributed by atoms with van der Waals surface area (Å²) < 4.78 is 9.31. The van der Waals surface area contributed by atoms with Crippen LogP contribution in [0.2, 0.25) is 0 Å². The van der Waals surface area contributed by atoms with Crippen molar-refractivity contribution in [2.24, 2.45) is 0 Å². The van der Waals surface area contributed by atoms with E-state index in [1.165, 1.54) is 0 Å². The van der Waals surface area contributed by atoms with E-state index in [0.717, 1.165) is 0 Å². The zero-order chi connectivity index (χ0) is 4.83. The molecule has 42 valence electrons. The van der Waals surface area contributed by atoms with Crippen molar-refractivity contribution < 1.29 is 35.3 Å². The van der Waals surface area contributed by atoms with Gasteiger partial charge in [0.2, 0.25) is 0 Å². The van der Waals surface area contributed by atoms with Gasteiger partial charge in [0.1, 0.15) is 0 Å². The van der Waals surface area contributed by atoms with Gasteiger partial charge in [0.15, 0.2) is 0 Å². The van der Waals surface area contributed by atoms with Crippen molar-refractivity contribution >= 4 is 0 Å². The Morgan fingerprint density at radius 2 is 1.29 bits per heavy atom. The molecule has 0 atom stereocenters. The number of hydrogen-bond acceptors (Lipinski definition) is 2. The maximum Gasteiger partial charge on any atom is 0.0696 e. The molecule has 0 aromatic rings. The molecule has 0 N–H and O–H groups in total. The van der Waals surface area contributed by atoms with Crippen molar-refractivity contribution in [3.63, 3.8) is 0 Å². The molecule has 0 bridgehead atoms. The van der Waals surface area contributed by atoms with E-state index in [1.807, 2.05) is 0 Å². The molecule has 0 aliphatic rings. The molecule has 0 aliphatic carbocycles. The van der Waals surface area contributed by atoms with Crippen LogP contribution in [0.1, 0.15) is 0 Å². The van der Waals surface area contributed by atoms with Crippen molar-refractivity contribution in [2.75, 3.05) is 27.4 Å². The summed E-state index contributed by atoms with van der Waals surface area (Å²) in [6.45, 7) is 1.38. The van der Waals surface area contributed by atoms with Crippen LogP contribution in [0.5, 0.6) is 0 Å². The molecule has 0 aliphatic heterocycles. The van der Waals surface area contributed by atoms with Crippen molar-refractivity contribution in [3.8, 4) is 0 Å². The monoisotopic (exact) mass is 270 g/mol. The van der Waals surface area contributed by atoms with Crippen LogP contribution in [0.3, 0.4) is 0 Å². The molecule has 0 saturated heterocycles. The minimum atomic E-state index is 0. The second-order valence-electron chi connectivity index (χ2n) is 0.986. The number of methoxy groups -OCH3 is 2. The Balaban J connectivity index is 0. The maximum absolute atomic E-state index is 4.66. The Morgan fingerprint density at radius 3 is 1.43 bits per heavy atom. The molecule has 0 saturated carbocycles. The molecule has 0 amide bonds. The standard InChI is InChI=1S/C4H10O2.Hf/c1-5-3-4-6-2;/h3-4H2,1-2H3;. The third kappa shape index (κ3) is 10.8. The number of rotatable bonds is 3. The molecule has 7 heavy (non-hydrogen) atoms. The fraction of sp³-hybridized carbons (Fsp3) is 1.00. The molecule has 0 heterocycles. The molecule has 0 aromatic heterocycles. The zero-order valence-corrected chi connectivity index (χ0v) is 8.32. The van der Waals surface area contributed by atoms with Crippen LogP contribution in [-0.4, -0.2) is 27.4 Å². The van der Waals surface area contributed by atoms with Crippen LogP contribution in [-0.2, 0) is 35.3 Å². The second-order valence-corrected chi connectivity index (χ2v) is 0.986. The Kier molecular flexibility index (Phi) is 15.2. The fourth-order valence-electron chi connectivity index (χ4n) is 0.167. The van der Waals surface area contributed by atoms with Crippen LogP contribution in [0.15, 0.2) is 0 Å². The topological polar surface area (TPSA) is 18.5 Å². The van der Waals surface area contributed by atoms with E-state index < -0.39 is 0 Å².